The summed E-state index contributed by atoms with van der Waals surface area (Å²) in [4.78, 5) is 17.8. The van der Waals surface area contributed by atoms with Crippen LogP contribution in [0.4, 0.5) is 0 Å². The molecule has 0 aromatic heterocycles. The first kappa shape index (κ1) is 14.9. The number of benzene rings is 2. The summed E-state index contributed by atoms with van der Waals surface area (Å²) >= 11 is 0. The van der Waals surface area contributed by atoms with E-state index in [-0.39, 0.29) is 11.9 Å². The van der Waals surface area contributed by atoms with Crippen LogP contribution in [0, 0.1) is 0 Å². The summed E-state index contributed by atoms with van der Waals surface area (Å²) in [6.07, 6.45) is 2.60. The van der Waals surface area contributed by atoms with Gasteiger partial charge in [-0.25, -0.2) is 0 Å². The highest BCUT2D eigenvalue weighted by Gasteiger charge is 2.31. The molecule has 1 N–H and O–H groups in total. The number of hydrogen-bond donors (Lipinski definition) is 1. The predicted molar refractivity (Wildman–Crippen MR) is 92.9 cm³/mol. The highest BCUT2D eigenvalue weighted by atomic mass is 16.6. The van der Waals surface area contributed by atoms with Crippen LogP contribution in [0.2, 0.25) is 0 Å². The van der Waals surface area contributed by atoms with E-state index in [9.17, 15) is 4.79 Å². The molecule has 0 saturated carbocycles. The molecule has 4 nitrogen and oxygen atoms in total. The summed E-state index contributed by atoms with van der Waals surface area (Å²) < 4.78 is 0. The van der Waals surface area contributed by atoms with E-state index in [2.05, 4.69) is 34.7 Å². The number of oxime groups is 1. The second-order valence-corrected chi connectivity index (χ2v) is 6.50. The fourth-order valence-corrected chi connectivity index (χ4v) is 3.46. The molecule has 0 radical (unpaired) electrons. The number of carbonyl (C=O) groups is 1. The SMILES string of the molecule is O=C(NC1Cc2ccccc2C1)[C@@H]1CC(Cc2ccccc2)=NO1. The van der Waals surface area contributed by atoms with Crippen LogP contribution < -0.4 is 5.32 Å². The topological polar surface area (TPSA) is 50.7 Å². The maximum Gasteiger partial charge on any atom is 0.264 e. The van der Waals surface area contributed by atoms with Crippen LogP contribution in [0.3, 0.4) is 0 Å². The molecule has 122 valence electrons. The fourth-order valence-electron chi connectivity index (χ4n) is 3.46. The van der Waals surface area contributed by atoms with Gasteiger partial charge >= 0.3 is 0 Å². The van der Waals surface area contributed by atoms with Crippen molar-refractivity contribution < 1.29 is 9.63 Å². The summed E-state index contributed by atoms with van der Waals surface area (Å²) in [7, 11) is 0. The molecule has 4 rings (SSSR count). The molecule has 1 heterocycles. The van der Waals surface area contributed by atoms with E-state index in [0.29, 0.717) is 6.42 Å². The van der Waals surface area contributed by atoms with Crippen LogP contribution in [0.15, 0.2) is 59.8 Å². The molecule has 2 aromatic carbocycles. The minimum atomic E-state index is -0.493. The lowest BCUT2D eigenvalue weighted by atomic mass is 10.0. The minimum Gasteiger partial charge on any atom is -0.382 e. The van der Waals surface area contributed by atoms with Crippen molar-refractivity contribution in [3.05, 3.63) is 71.3 Å². The second-order valence-electron chi connectivity index (χ2n) is 6.50. The van der Waals surface area contributed by atoms with Crippen LogP contribution in [0.1, 0.15) is 23.1 Å². The largest absolute Gasteiger partial charge is 0.382 e. The maximum absolute atomic E-state index is 12.4. The Labute approximate surface area is 141 Å². The van der Waals surface area contributed by atoms with Crippen LogP contribution in [0.25, 0.3) is 0 Å². The summed E-state index contributed by atoms with van der Waals surface area (Å²) in [6.45, 7) is 0. The monoisotopic (exact) mass is 320 g/mol. The quantitative estimate of drug-likeness (QED) is 0.941. The lowest BCUT2D eigenvalue weighted by Gasteiger charge is -2.14. The number of amides is 1. The molecule has 24 heavy (non-hydrogen) atoms. The Balaban J connectivity index is 1.30. The van der Waals surface area contributed by atoms with Gasteiger partial charge in [0.05, 0.1) is 5.71 Å². The summed E-state index contributed by atoms with van der Waals surface area (Å²) in [5.41, 5.74) is 4.77. The van der Waals surface area contributed by atoms with Gasteiger partial charge < -0.3 is 10.2 Å². The van der Waals surface area contributed by atoms with Crippen molar-refractivity contribution in [3.63, 3.8) is 0 Å². The van der Waals surface area contributed by atoms with Crippen molar-refractivity contribution in [2.75, 3.05) is 0 Å². The van der Waals surface area contributed by atoms with Crippen molar-refractivity contribution >= 4 is 11.6 Å². The third kappa shape index (κ3) is 3.18. The van der Waals surface area contributed by atoms with Gasteiger partial charge in [-0.05, 0) is 29.5 Å². The highest BCUT2D eigenvalue weighted by molar-refractivity contribution is 5.94. The van der Waals surface area contributed by atoms with E-state index in [1.165, 1.54) is 16.7 Å². The molecule has 0 fully saturated rings. The zero-order valence-corrected chi connectivity index (χ0v) is 13.4. The Bertz CT molecular complexity index is 745. The third-order valence-electron chi connectivity index (χ3n) is 4.67. The van der Waals surface area contributed by atoms with E-state index in [1.54, 1.807) is 0 Å². The average molecular weight is 320 g/mol. The molecule has 1 amide bonds. The Kier molecular flexibility index (Phi) is 4.03. The van der Waals surface area contributed by atoms with Gasteiger partial charge in [0.25, 0.3) is 5.91 Å². The lowest BCUT2D eigenvalue weighted by Crippen LogP contribution is -2.42. The first-order valence-corrected chi connectivity index (χ1v) is 8.40. The maximum atomic E-state index is 12.4. The normalized spacial score (nSPS) is 19.5. The van der Waals surface area contributed by atoms with Crippen LogP contribution in [-0.4, -0.2) is 23.8 Å². The molecule has 0 saturated heterocycles. The zero-order valence-electron chi connectivity index (χ0n) is 13.4. The smallest absolute Gasteiger partial charge is 0.264 e. The van der Waals surface area contributed by atoms with E-state index in [0.717, 1.165) is 25.0 Å². The van der Waals surface area contributed by atoms with Crippen molar-refractivity contribution in [1.29, 1.82) is 0 Å². The number of nitrogens with one attached hydrogen (secondary N) is 1. The molecule has 0 bridgehead atoms. The van der Waals surface area contributed by atoms with E-state index >= 15 is 0 Å². The Morgan fingerprint density at radius 1 is 1.00 bits per heavy atom. The van der Waals surface area contributed by atoms with Gasteiger partial charge in [0.1, 0.15) is 0 Å². The summed E-state index contributed by atoms with van der Waals surface area (Å²) in [5, 5.41) is 7.22. The molecule has 1 aliphatic heterocycles. The Morgan fingerprint density at radius 3 is 2.38 bits per heavy atom. The van der Waals surface area contributed by atoms with Gasteiger partial charge in [0.15, 0.2) is 0 Å². The highest BCUT2D eigenvalue weighted by Crippen LogP contribution is 2.22. The van der Waals surface area contributed by atoms with Gasteiger partial charge in [-0.2, -0.15) is 0 Å². The summed E-state index contributed by atoms with van der Waals surface area (Å²) in [5.74, 6) is -0.0559. The third-order valence-corrected chi connectivity index (χ3v) is 4.67. The number of hydrogen-bond acceptors (Lipinski definition) is 3. The lowest BCUT2D eigenvalue weighted by molar-refractivity contribution is -0.131. The molecular formula is C20H20N2O2. The molecule has 1 atom stereocenters. The standard InChI is InChI=1S/C20H20N2O2/c23-20(21-17-11-15-8-4-5-9-16(15)12-17)19-13-18(22-24-19)10-14-6-2-1-3-7-14/h1-9,17,19H,10-13H2,(H,21,23)/t19-/m0/s1. The van der Waals surface area contributed by atoms with Crippen molar-refractivity contribution in [2.45, 2.75) is 37.8 Å². The first-order chi connectivity index (χ1) is 11.8. The average Bonchev–Trinajstić information content (AvgIpc) is 3.22. The first-order valence-electron chi connectivity index (χ1n) is 8.40. The predicted octanol–water partition coefficient (Wildman–Crippen LogP) is 2.66. The fraction of sp³-hybridized carbons (Fsp3) is 0.300. The van der Waals surface area contributed by atoms with E-state index in [4.69, 9.17) is 4.84 Å². The Hall–Kier alpha value is -2.62. The minimum absolute atomic E-state index is 0.0559. The number of rotatable bonds is 4. The number of carbonyl (C=O) groups excluding carboxylic acids is 1. The van der Waals surface area contributed by atoms with Crippen LogP contribution in [0.5, 0.6) is 0 Å². The van der Waals surface area contributed by atoms with Crippen molar-refractivity contribution in [2.24, 2.45) is 5.16 Å². The zero-order chi connectivity index (χ0) is 16.4. The van der Waals surface area contributed by atoms with Gasteiger partial charge in [0.2, 0.25) is 6.10 Å². The van der Waals surface area contributed by atoms with Crippen molar-refractivity contribution in [1.82, 2.24) is 5.32 Å². The van der Waals surface area contributed by atoms with Gasteiger partial charge in [-0.3, -0.25) is 4.79 Å². The van der Waals surface area contributed by atoms with Gasteiger partial charge in [-0.15, -0.1) is 0 Å². The Morgan fingerprint density at radius 2 is 1.67 bits per heavy atom. The second kappa shape index (κ2) is 6.48. The molecular weight excluding hydrogens is 300 g/mol. The van der Waals surface area contributed by atoms with Gasteiger partial charge in [-0.1, -0.05) is 59.8 Å². The van der Waals surface area contributed by atoms with Crippen LogP contribution in [-0.2, 0) is 28.9 Å². The molecule has 2 aromatic rings. The molecule has 2 aliphatic rings. The van der Waals surface area contributed by atoms with Crippen molar-refractivity contribution in [3.8, 4) is 0 Å². The van der Waals surface area contributed by atoms with E-state index in [1.807, 2.05) is 30.3 Å². The summed E-state index contributed by atoms with van der Waals surface area (Å²) in [6, 6.07) is 18.7. The molecule has 1 aliphatic carbocycles. The van der Waals surface area contributed by atoms with E-state index < -0.39 is 6.10 Å². The molecule has 0 spiro atoms. The van der Waals surface area contributed by atoms with Crippen LogP contribution >= 0.6 is 0 Å². The molecule has 4 heteroatoms. The number of nitrogens with zero attached hydrogens (tertiary/aromatic N) is 1. The number of fused-ring (bicyclic) bond motifs is 1. The molecule has 0 unspecified atom stereocenters. The van der Waals surface area contributed by atoms with Gasteiger partial charge in [0, 0.05) is 18.9 Å².